The maximum atomic E-state index is 10.9. The molecule has 0 amide bonds. The Kier molecular flexibility index (Phi) is 5.25. The molecule has 0 aliphatic rings. The predicted molar refractivity (Wildman–Crippen MR) is 67.6 cm³/mol. The molecule has 1 aromatic heterocycles. The van der Waals surface area contributed by atoms with Crippen LogP contribution in [-0.4, -0.2) is 39.2 Å². The van der Waals surface area contributed by atoms with Gasteiger partial charge in [-0.3, -0.25) is 10.1 Å². The highest BCUT2D eigenvalue weighted by Crippen LogP contribution is 2.22. The molecule has 100 valence electrons. The lowest BCUT2D eigenvalue weighted by atomic mass is 10.2. The first-order chi connectivity index (χ1) is 8.62. The smallest absolute Gasteiger partial charge is 0.329 e. The SMILES string of the molecule is CCNc1ncc([N+](=O)[O-])c(NC(CC)CO)n1. The normalized spacial score (nSPS) is 11.9. The van der Waals surface area contributed by atoms with E-state index < -0.39 is 4.92 Å². The van der Waals surface area contributed by atoms with Gasteiger partial charge in [0.25, 0.3) is 0 Å². The predicted octanol–water partition coefficient (Wildman–Crippen LogP) is 0.999. The molecule has 3 N–H and O–H groups in total. The molecule has 0 spiro atoms. The summed E-state index contributed by atoms with van der Waals surface area (Å²) in [6.07, 6.45) is 1.78. The van der Waals surface area contributed by atoms with Crippen LogP contribution in [0.5, 0.6) is 0 Å². The average Bonchev–Trinajstić information content (AvgIpc) is 2.36. The van der Waals surface area contributed by atoms with Gasteiger partial charge >= 0.3 is 5.69 Å². The fourth-order valence-electron chi connectivity index (χ4n) is 1.33. The van der Waals surface area contributed by atoms with E-state index in [1.165, 1.54) is 0 Å². The van der Waals surface area contributed by atoms with Crippen molar-refractivity contribution >= 4 is 17.5 Å². The highest BCUT2D eigenvalue weighted by atomic mass is 16.6. The van der Waals surface area contributed by atoms with Gasteiger partial charge in [-0.05, 0) is 13.3 Å². The van der Waals surface area contributed by atoms with E-state index in [0.29, 0.717) is 18.9 Å². The second kappa shape index (κ2) is 6.70. The van der Waals surface area contributed by atoms with Gasteiger partial charge in [0, 0.05) is 6.54 Å². The van der Waals surface area contributed by atoms with Gasteiger partial charge in [-0.25, -0.2) is 4.98 Å². The lowest BCUT2D eigenvalue weighted by Crippen LogP contribution is -2.24. The average molecular weight is 255 g/mol. The fourth-order valence-corrected chi connectivity index (χ4v) is 1.33. The Labute approximate surface area is 105 Å². The Hall–Kier alpha value is -1.96. The van der Waals surface area contributed by atoms with Crippen LogP contribution in [0.25, 0.3) is 0 Å². The van der Waals surface area contributed by atoms with Crippen LogP contribution in [0.4, 0.5) is 17.5 Å². The Bertz CT molecular complexity index is 408. The summed E-state index contributed by atoms with van der Waals surface area (Å²) in [7, 11) is 0. The van der Waals surface area contributed by atoms with Gasteiger partial charge in [0.05, 0.1) is 17.6 Å². The third-order valence-electron chi connectivity index (χ3n) is 2.36. The molecule has 0 fully saturated rings. The van der Waals surface area contributed by atoms with E-state index in [4.69, 9.17) is 5.11 Å². The van der Waals surface area contributed by atoms with E-state index in [2.05, 4.69) is 20.6 Å². The molecule has 18 heavy (non-hydrogen) atoms. The molecule has 8 nitrogen and oxygen atoms in total. The van der Waals surface area contributed by atoms with Crippen molar-refractivity contribution in [2.24, 2.45) is 0 Å². The first kappa shape index (κ1) is 14.1. The van der Waals surface area contributed by atoms with Crippen molar-refractivity contribution in [1.29, 1.82) is 0 Å². The molecule has 1 atom stereocenters. The Morgan fingerprint density at radius 3 is 2.78 bits per heavy atom. The number of hydrogen-bond acceptors (Lipinski definition) is 7. The van der Waals surface area contributed by atoms with Crippen molar-refractivity contribution < 1.29 is 10.0 Å². The number of aliphatic hydroxyl groups excluding tert-OH is 1. The quantitative estimate of drug-likeness (QED) is 0.492. The highest BCUT2D eigenvalue weighted by molar-refractivity contribution is 5.57. The minimum Gasteiger partial charge on any atom is -0.394 e. The highest BCUT2D eigenvalue weighted by Gasteiger charge is 2.19. The zero-order valence-corrected chi connectivity index (χ0v) is 10.4. The molecule has 0 saturated heterocycles. The second-order valence-electron chi connectivity index (χ2n) is 3.65. The summed E-state index contributed by atoms with van der Waals surface area (Å²) in [6.45, 7) is 4.25. The van der Waals surface area contributed by atoms with Gasteiger partial charge in [0.2, 0.25) is 11.8 Å². The van der Waals surface area contributed by atoms with E-state index in [0.717, 1.165) is 6.20 Å². The molecular formula is C10H17N5O3. The van der Waals surface area contributed by atoms with E-state index >= 15 is 0 Å². The van der Waals surface area contributed by atoms with E-state index in [1.54, 1.807) is 0 Å². The largest absolute Gasteiger partial charge is 0.394 e. The molecule has 1 rings (SSSR count). The zero-order valence-electron chi connectivity index (χ0n) is 10.4. The number of rotatable bonds is 7. The van der Waals surface area contributed by atoms with Crippen LogP contribution < -0.4 is 10.6 Å². The van der Waals surface area contributed by atoms with Crippen LogP contribution in [0.15, 0.2) is 6.20 Å². The summed E-state index contributed by atoms with van der Waals surface area (Å²) in [5.74, 6) is 0.435. The van der Waals surface area contributed by atoms with Crippen molar-refractivity contribution in [2.75, 3.05) is 23.8 Å². The zero-order chi connectivity index (χ0) is 13.5. The number of aliphatic hydroxyl groups is 1. The standard InChI is InChI=1S/C10H17N5O3/c1-3-7(6-16)13-9-8(15(17)18)5-12-10(14-9)11-4-2/h5,7,16H,3-4,6H2,1-2H3,(H2,11,12,13,14). The van der Waals surface area contributed by atoms with Crippen LogP contribution in [0.2, 0.25) is 0 Å². The Morgan fingerprint density at radius 2 is 2.28 bits per heavy atom. The van der Waals surface area contributed by atoms with Crippen molar-refractivity contribution in [3.63, 3.8) is 0 Å². The van der Waals surface area contributed by atoms with Crippen molar-refractivity contribution in [1.82, 2.24) is 9.97 Å². The van der Waals surface area contributed by atoms with Crippen molar-refractivity contribution in [3.8, 4) is 0 Å². The van der Waals surface area contributed by atoms with Crippen LogP contribution >= 0.6 is 0 Å². The minimum atomic E-state index is -0.553. The number of anilines is 2. The first-order valence-corrected chi connectivity index (χ1v) is 5.75. The third kappa shape index (κ3) is 3.52. The number of nitrogens with one attached hydrogen (secondary N) is 2. The van der Waals surface area contributed by atoms with Crippen LogP contribution in [0.1, 0.15) is 20.3 Å². The topological polar surface area (TPSA) is 113 Å². The molecular weight excluding hydrogens is 238 g/mol. The van der Waals surface area contributed by atoms with Gasteiger partial charge < -0.3 is 15.7 Å². The van der Waals surface area contributed by atoms with E-state index in [9.17, 15) is 10.1 Å². The van der Waals surface area contributed by atoms with Crippen LogP contribution in [0, 0.1) is 10.1 Å². The van der Waals surface area contributed by atoms with Crippen LogP contribution in [-0.2, 0) is 0 Å². The summed E-state index contributed by atoms with van der Waals surface area (Å²) in [5, 5.41) is 25.7. The van der Waals surface area contributed by atoms with Gasteiger partial charge in [0.15, 0.2) is 0 Å². The first-order valence-electron chi connectivity index (χ1n) is 5.75. The molecule has 0 saturated carbocycles. The lowest BCUT2D eigenvalue weighted by molar-refractivity contribution is -0.384. The van der Waals surface area contributed by atoms with Gasteiger partial charge in [0.1, 0.15) is 6.20 Å². The Morgan fingerprint density at radius 1 is 1.56 bits per heavy atom. The summed E-state index contributed by atoms with van der Waals surface area (Å²) in [5.41, 5.74) is -0.205. The van der Waals surface area contributed by atoms with E-state index in [-0.39, 0.29) is 24.2 Å². The molecule has 1 heterocycles. The van der Waals surface area contributed by atoms with Crippen molar-refractivity contribution in [3.05, 3.63) is 16.3 Å². The summed E-state index contributed by atoms with van der Waals surface area (Å²) in [4.78, 5) is 18.2. The van der Waals surface area contributed by atoms with Gasteiger partial charge in [-0.1, -0.05) is 6.92 Å². The molecule has 0 radical (unpaired) electrons. The van der Waals surface area contributed by atoms with Crippen LogP contribution in [0.3, 0.4) is 0 Å². The summed E-state index contributed by atoms with van der Waals surface area (Å²) >= 11 is 0. The molecule has 0 bridgehead atoms. The monoisotopic (exact) mass is 255 g/mol. The molecule has 0 aliphatic carbocycles. The summed E-state index contributed by atoms with van der Waals surface area (Å²) < 4.78 is 0. The number of hydrogen-bond donors (Lipinski definition) is 3. The summed E-state index contributed by atoms with van der Waals surface area (Å²) in [6, 6.07) is -0.270. The number of nitrogens with zero attached hydrogens (tertiary/aromatic N) is 3. The fraction of sp³-hybridized carbons (Fsp3) is 0.600. The number of aromatic nitrogens is 2. The maximum Gasteiger partial charge on any atom is 0.329 e. The van der Waals surface area contributed by atoms with E-state index in [1.807, 2.05) is 13.8 Å². The lowest BCUT2D eigenvalue weighted by Gasteiger charge is -2.15. The third-order valence-corrected chi connectivity index (χ3v) is 2.36. The minimum absolute atomic E-state index is 0.117. The molecule has 0 aromatic carbocycles. The molecule has 1 unspecified atom stereocenters. The molecule has 1 aromatic rings. The maximum absolute atomic E-state index is 10.9. The molecule has 8 heteroatoms. The second-order valence-corrected chi connectivity index (χ2v) is 3.65. The van der Waals surface area contributed by atoms with Crippen molar-refractivity contribution in [2.45, 2.75) is 26.3 Å². The molecule has 0 aliphatic heterocycles. The Balaban J connectivity index is 3.02. The van der Waals surface area contributed by atoms with Gasteiger partial charge in [-0.2, -0.15) is 4.98 Å². The van der Waals surface area contributed by atoms with Gasteiger partial charge in [-0.15, -0.1) is 0 Å². The number of nitro groups is 1.